The van der Waals surface area contributed by atoms with E-state index in [1.807, 2.05) is 18.2 Å². The average Bonchev–Trinajstić information content (AvgIpc) is 3.19. The van der Waals surface area contributed by atoms with Crippen LogP contribution in [0.3, 0.4) is 0 Å². The molecule has 0 spiro atoms. The third-order valence-electron chi connectivity index (χ3n) is 5.47. The lowest BCUT2D eigenvalue weighted by Crippen LogP contribution is -2.38. The van der Waals surface area contributed by atoms with Crippen LogP contribution in [0.5, 0.6) is 17.2 Å². The van der Waals surface area contributed by atoms with Gasteiger partial charge in [0, 0.05) is 12.5 Å². The van der Waals surface area contributed by atoms with E-state index in [9.17, 15) is 4.79 Å². The van der Waals surface area contributed by atoms with Crippen LogP contribution in [-0.4, -0.2) is 43.0 Å². The molecule has 0 bridgehead atoms. The Morgan fingerprint density at radius 3 is 2.59 bits per heavy atom. The summed E-state index contributed by atoms with van der Waals surface area (Å²) in [6, 6.07) is 11.4. The van der Waals surface area contributed by atoms with Crippen LogP contribution in [0.25, 0.3) is 6.08 Å². The second-order valence-corrected chi connectivity index (χ2v) is 8.03. The minimum atomic E-state index is -0.492. The molecule has 0 aliphatic carbocycles. The Hall–Kier alpha value is -4.07. The molecule has 1 N–H and O–H groups in total. The number of rotatable bonds is 8. The fourth-order valence-corrected chi connectivity index (χ4v) is 3.50. The molecule has 1 amide bonds. The normalized spacial score (nSPS) is 16.1. The highest BCUT2D eigenvalue weighted by Gasteiger charge is 2.34. The van der Waals surface area contributed by atoms with Gasteiger partial charge in [-0.2, -0.15) is 4.99 Å². The highest BCUT2D eigenvalue weighted by molar-refractivity contribution is 6.32. The standard InChI is InChI=1S/C26H27N3O5/c1-16-6-8-20(12-17(16)2)32-10-5-11-33-22-9-7-19(15-23(22)31-4)14-21-25(27)29-24(28-26(21)30)13-18(3)34-29/h6-9,12-15,27H,5,10-11H2,1-4H3/b21-14-,27-25?. The second kappa shape index (κ2) is 9.82. The van der Waals surface area contributed by atoms with Crippen LogP contribution in [0.15, 0.2) is 58.8 Å². The summed E-state index contributed by atoms with van der Waals surface area (Å²) >= 11 is 0. The largest absolute Gasteiger partial charge is 0.493 e. The predicted molar refractivity (Wildman–Crippen MR) is 129 cm³/mol. The van der Waals surface area contributed by atoms with Gasteiger partial charge in [-0.3, -0.25) is 10.2 Å². The zero-order valence-corrected chi connectivity index (χ0v) is 19.7. The van der Waals surface area contributed by atoms with Gasteiger partial charge in [-0.15, -0.1) is 5.06 Å². The fourth-order valence-electron chi connectivity index (χ4n) is 3.50. The fraction of sp³-hybridized carbons (Fsp3) is 0.269. The summed E-state index contributed by atoms with van der Waals surface area (Å²) in [7, 11) is 1.55. The highest BCUT2D eigenvalue weighted by Crippen LogP contribution is 2.30. The maximum Gasteiger partial charge on any atom is 0.282 e. The average molecular weight is 462 g/mol. The summed E-state index contributed by atoms with van der Waals surface area (Å²) in [5.74, 6) is 2.29. The summed E-state index contributed by atoms with van der Waals surface area (Å²) in [6.45, 7) is 6.87. The van der Waals surface area contributed by atoms with Crippen LogP contribution < -0.4 is 14.2 Å². The smallest absolute Gasteiger partial charge is 0.282 e. The molecule has 176 valence electrons. The molecule has 34 heavy (non-hydrogen) atoms. The summed E-state index contributed by atoms with van der Waals surface area (Å²) in [5, 5.41) is 9.56. The number of benzene rings is 2. The van der Waals surface area contributed by atoms with Gasteiger partial charge in [-0.1, -0.05) is 12.1 Å². The van der Waals surface area contributed by atoms with Crippen LogP contribution in [0.2, 0.25) is 0 Å². The van der Waals surface area contributed by atoms with Gasteiger partial charge in [0.1, 0.15) is 11.5 Å². The maximum atomic E-state index is 12.4. The molecule has 2 heterocycles. The monoisotopic (exact) mass is 461 g/mol. The Kier molecular flexibility index (Phi) is 6.67. The van der Waals surface area contributed by atoms with Crippen molar-refractivity contribution in [3.05, 3.63) is 70.5 Å². The van der Waals surface area contributed by atoms with Gasteiger partial charge in [0.05, 0.1) is 25.9 Å². The second-order valence-electron chi connectivity index (χ2n) is 8.03. The maximum absolute atomic E-state index is 12.4. The van der Waals surface area contributed by atoms with Crippen LogP contribution in [0.4, 0.5) is 0 Å². The topological polar surface area (TPSA) is 93.4 Å². The Balaban J connectivity index is 1.37. The molecule has 2 aromatic carbocycles. The number of nitrogens with one attached hydrogen (secondary N) is 1. The number of methoxy groups -OCH3 is 1. The van der Waals surface area contributed by atoms with Gasteiger partial charge < -0.3 is 19.0 Å². The van der Waals surface area contributed by atoms with E-state index < -0.39 is 5.91 Å². The van der Waals surface area contributed by atoms with Crippen molar-refractivity contribution < 1.29 is 23.8 Å². The summed E-state index contributed by atoms with van der Waals surface area (Å²) in [5.41, 5.74) is 3.25. The van der Waals surface area contributed by atoms with Crippen molar-refractivity contribution in [2.45, 2.75) is 27.2 Å². The predicted octanol–water partition coefficient (Wildman–Crippen LogP) is 4.61. The minimum absolute atomic E-state index is 0.0637. The number of allylic oxidation sites excluding steroid dienone is 1. The number of amides is 1. The Morgan fingerprint density at radius 1 is 1.03 bits per heavy atom. The van der Waals surface area contributed by atoms with Crippen molar-refractivity contribution in [2.24, 2.45) is 4.99 Å². The molecule has 2 aliphatic heterocycles. The molecule has 0 fully saturated rings. The van der Waals surface area contributed by atoms with Gasteiger partial charge in [0.15, 0.2) is 23.2 Å². The summed E-state index contributed by atoms with van der Waals surface area (Å²) in [4.78, 5) is 21.9. The van der Waals surface area contributed by atoms with E-state index in [1.54, 1.807) is 44.4 Å². The molecule has 4 rings (SSSR count). The number of aliphatic imine (C=N–C) groups is 1. The van der Waals surface area contributed by atoms with Gasteiger partial charge in [-0.25, -0.2) is 0 Å². The van der Waals surface area contributed by atoms with Crippen molar-refractivity contribution in [1.29, 1.82) is 5.41 Å². The van der Waals surface area contributed by atoms with E-state index in [0.29, 0.717) is 48.3 Å². The number of ether oxygens (including phenoxy) is 3. The lowest BCUT2D eigenvalue weighted by Gasteiger charge is -2.23. The van der Waals surface area contributed by atoms with Crippen molar-refractivity contribution >= 4 is 23.7 Å². The summed E-state index contributed by atoms with van der Waals surface area (Å²) in [6.07, 6.45) is 3.91. The molecule has 0 radical (unpaired) electrons. The first kappa shape index (κ1) is 23.1. The third-order valence-corrected chi connectivity index (χ3v) is 5.47. The Bertz CT molecular complexity index is 1230. The van der Waals surface area contributed by atoms with Gasteiger partial charge in [0.25, 0.3) is 5.91 Å². The van der Waals surface area contributed by atoms with E-state index in [-0.39, 0.29) is 11.4 Å². The van der Waals surface area contributed by atoms with Crippen molar-refractivity contribution in [1.82, 2.24) is 5.06 Å². The molecular formula is C26H27N3O5. The van der Waals surface area contributed by atoms with E-state index in [1.165, 1.54) is 16.2 Å². The lowest BCUT2D eigenvalue weighted by molar-refractivity contribution is -0.114. The number of hydrogen-bond acceptors (Lipinski definition) is 6. The van der Waals surface area contributed by atoms with Crippen molar-refractivity contribution in [3.63, 3.8) is 0 Å². The third kappa shape index (κ3) is 4.96. The molecule has 8 heteroatoms. The van der Waals surface area contributed by atoms with Gasteiger partial charge >= 0.3 is 0 Å². The lowest BCUT2D eigenvalue weighted by atomic mass is 10.1. The van der Waals surface area contributed by atoms with Crippen LogP contribution in [0.1, 0.15) is 30.0 Å². The molecule has 0 saturated heterocycles. The number of carbonyl (C=O) groups excluding carboxylic acids is 1. The molecule has 0 atom stereocenters. The number of hydrogen-bond donors (Lipinski definition) is 1. The van der Waals surface area contributed by atoms with E-state index in [4.69, 9.17) is 24.5 Å². The zero-order chi connectivity index (χ0) is 24.2. The number of hydroxylamine groups is 2. The molecule has 0 saturated carbocycles. The van der Waals surface area contributed by atoms with Crippen molar-refractivity contribution in [3.8, 4) is 17.2 Å². The van der Waals surface area contributed by atoms with Crippen LogP contribution in [0, 0.1) is 19.3 Å². The SMILES string of the molecule is COc1cc(/C=C2/C(=N)N3OC(C)=CC3=NC2=O)ccc1OCCCOc1ccc(C)c(C)c1. The first-order valence-corrected chi connectivity index (χ1v) is 11.0. The molecule has 8 nitrogen and oxygen atoms in total. The van der Waals surface area contributed by atoms with Crippen molar-refractivity contribution in [2.75, 3.05) is 20.3 Å². The number of carbonyl (C=O) groups is 1. The van der Waals surface area contributed by atoms with E-state index in [2.05, 4.69) is 18.8 Å². The molecule has 2 aliphatic rings. The number of aryl methyl sites for hydroxylation is 2. The molecule has 0 aromatic heterocycles. The first-order chi connectivity index (χ1) is 16.4. The van der Waals surface area contributed by atoms with E-state index in [0.717, 1.165) is 5.75 Å². The molecule has 0 unspecified atom stereocenters. The van der Waals surface area contributed by atoms with E-state index >= 15 is 0 Å². The molecule has 2 aromatic rings. The highest BCUT2D eigenvalue weighted by atomic mass is 16.7. The van der Waals surface area contributed by atoms with Crippen LogP contribution >= 0.6 is 0 Å². The Labute approximate surface area is 198 Å². The molecular weight excluding hydrogens is 434 g/mol. The minimum Gasteiger partial charge on any atom is -0.493 e. The van der Waals surface area contributed by atoms with Gasteiger partial charge in [0.2, 0.25) is 0 Å². The summed E-state index contributed by atoms with van der Waals surface area (Å²) < 4.78 is 17.1. The van der Waals surface area contributed by atoms with Crippen LogP contribution in [-0.2, 0) is 9.63 Å². The first-order valence-electron chi connectivity index (χ1n) is 11.0. The quantitative estimate of drug-likeness (QED) is 0.456. The Morgan fingerprint density at radius 2 is 1.82 bits per heavy atom. The number of amidine groups is 2. The zero-order valence-electron chi connectivity index (χ0n) is 19.7. The number of nitrogens with zero attached hydrogens (tertiary/aromatic N) is 2. The number of fused-ring (bicyclic) bond motifs is 1. The van der Waals surface area contributed by atoms with Gasteiger partial charge in [-0.05, 0) is 67.8 Å².